The minimum Gasteiger partial charge on any atom is -0.287 e. The highest BCUT2D eigenvalue weighted by atomic mass is 19.4. The lowest BCUT2D eigenvalue weighted by Gasteiger charge is -2.20. The first-order valence-corrected chi connectivity index (χ1v) is 7.76. The number of ketones is 1. The van der Waals surface area contributed by atoms with Gasteiger partial charge in [0, 0.05) is 5.56 Å². The Morgan fingerprint density at radius 2 is 1.52 bits per heavy atom. The van der Waals surface area contributed by atoms with E-state index in [0.717, 1.165) is 30.9 Å². The molecule has 1 aromatic carbocycles. The summed E-state index contributed by atoms with van der Waals surface area (Å²) in [5.41, 5.74) is 0.597. The van der Waals surface area contributed by atoms with Crippen LogP contribution in [0.1, 0.15) is 61.0 Å². The number of hydrogen-bond acceptors (Lipinski definition) is 1. The quantitative estimate of drug-likeness (QED) is 0.436. The molecule has 0 fully saturated rings. The Morgan fingerprint density at radius 3 is 2.04 bits per heavy atom. The van der Waals surface area contributed by atoms with E-state index in [9.17, 15) is 26.7 Å². The Morgan fingerprint density at radius 1 is 0.957 bits per heavy atom. The monoisotopic (exact) mass is 336 g/mol. The van der Waals surface area contributed by atoms with Crippen LogP contribution in [0.25, 0.3) is 0 Å². The van der Waals surface area contributed by atoms with Crippen molar-refractivity contribution in [1.82, 2.24) is 0 Å². The van der Waals surface area contributed by atoms with E-state index in [0.29, 0.717) is 19.3 Å². The van der Waals surface area contributed by atoms with Crippen molar-refractivity contribution in [2.75, 3.05) is 0 Å². The Bertz CT molecular complexity index is 534. The zero-order valence-corrected chi connectivity index (χ0v) is 13.3. The molecule has 0 radical (unpaired) electrons. The summed E-state index contributed by atoms with van der Waals surface area (Å²) in [5.74, 6) is -7.53. The maximum Gasteiger partial charge on any atom is 0.461 e. The molecule has 0 bridgehead atoms. The van der Waals surface area contributed by atoms with Crippen molar-refractivity contribution in [3.05, 3.63) is 34.9 Å². The van der Waals surface area contributed by atoms with Crippen LogP contribution in [0.5, 0.6) is 0 Å². The second-order valence-electron chi connectivity index (χ2n) is 5.60. The van der Waals surface area contributed by atoms with Crippen molar-refractivity contribution < 1.29 is 26.7 Å². The van der Waals surface area contributed by atoms with E-state index in [-0.39, 0.29) is 5.56 Å². The van der Waals surface area contributed by atoms with Gasteiger partial charge in [-0.2, -0.15) is 22.0 Å². The summed E-state index contributed by atoms with van der Waals surface area (Å²) in [6, 6.07) is 4.16. The van der Waals surface area contributed by atoms with Gasteiger partial charge in [0.05, 0.1) is 0 Å². The highest BCUT2D eigenvalue weighted by Crippen LogP contribution is 2.38. The Labute approximate surface area is 132 Å². The summed E-state index contributed by atoms with van der Waals surface area (Å²) >= 11 is 0. The molecule has 0 N–H and O–H groups in total. The van der Waals surface area contributed by atoms with Crippen LogP contribution in [0.15, 0.2) is 18.2 Å². The molecule has 0 aliphatic rings. The number of halogens is 5. The summed E-state index contributed by atoms with van der Waals surface area (Å²) < 4.78 is 64.0. The summed E-state index contributed by atoms with van der Waals surface area (Å²) in [5, 5.41) is 0. The van der Waals surface area contributed by atoms with E-state index in [4.69, 9.17) is 0 Å². The minimum atomic E-state index is -5.88. The predicted octanol–water partition coefficient (Wildman–Crippen LogP) is 5.75. The summed E-state index contributed by atoms with van der Waals surface area (Å²) in [7, 11) is 0. The number of aryl methyl sites for hydroxylation is 2. The van der Waals surface area contributed by atoms with Crippen molar-refractivity contribution >= 4 is 5.78 Å². The van der Waals surface area contributed by atoms with E-state index < -0.39 is 23.4 Å². The summed E-state index contributed by atoms with van der Waals surface area (Å²) in [6.07, 6.45) is -1.66. The first-order chi connectivity index (χ1) is 10.6. The van der Waals surface area contributed by atoms with Gasteiger partial charge in [0.1, 0.15) is 0 Å². The second-order valence-corrected chi connectivity index (χ2v) is 5.60. The Hall–Kier alpha value is -1.46. The first-order valence-electron chi connectivity index (χ1n) is 7.76. The molecule has 0 aromatic heterocycles. The van der Waals surface area contributed by atoms with Gasteiger partial charge in [-0.15, -0.1) is 0 Å². The number of Topliss-reactive ketones (excluding diaryl/α,β-unsaturated/α-hetero) is 1. The van der Waals surface area contributed by atoms with Crippen LogP contribution < -0.4 is 0 Å². The van der Waals surface area contributed by atoms with Gasteiger partial charge in [-0.05, 0) is 36.8 Å². The molecule has 0 aliphatic heterocycles. The first kappa shape index (κ1) is 19.6. The van der Waals surface area contributed by atoms with Crippen LogP contribution in [-0.2, 0) is 12.8 Å². The van der Waals surface area contributed by atoms with E-state index in [1.165, 1.54) is 6.07 Å². The molecule has 23 heavy (non-hydrogen) atoms. The number of carbonyl (C=O) groups excluding carboxylic acids is 1. The highest BCUT2D eigenvalue weighted by Gasteiger charge is 2.63. The Balaban J connectivity index is 3.20. The van der Waals surface area contributed by atoms with Crippen LogP contribution in [-0.4, -0.2) is 17.9 Å². The smallest absolute Gasteiger partial charge is 0.287 e. The number of alkyl halides is 5. The van der Waals surface area contributed by atoms with Crippen LogP contribution in [0.4, 0.5) is 22.0 Å². The maximum absolute atomic E-state index is 13.3. The molecule has 0 heterocycles. The van der Waals surface area contributed by atoms with Gasteiger partial charge in [-0.3, -0.25) is 4.79 Å². The molecule has 0 saturated heterocycles. The molecular weight excluding hydrogens is 315 g/mol. The molecule has 1 aromatic rings. The number of hydrogen-bond donors (Lipinski definition) is 0. The number of carbonyl (C=O) groups is 1. The third-order valence-electron chi connectivity index (χ3n) is 3.67. The van der Waals surface area contributed by atoms with Crippen molar-refractivity contribution in [2.45, 2.75) is 64.5 Å². The van der Waals surface area contributed by atoms with Crippen molar-refractivity contribution in [1.29, 1.82) is 0 Å². The van der Waals surface area contributed by atoms with Crippen LogP contribution in [0.3, 0.4) is 0 Å². The number of benzene rings is 1. The third-order valence-corrected chi connectivity index (χ3v) is 3.67. The van der Waals surface area contributed by atoms with Crippen molar-refractivity contribution in [2.24, 2.45) is 0 Å². The topological polar surface area (TPSA) is 17.1 Å². The Kier molecular flexibility index (Phi) is 6.71. The molecule has 0 amide bonds. The minimum absolute atomic E-state index is 0.273. The lowest BCUT2D eigenvalue weighted by atomic mass is 9.93. The largest absolute Gasteiger partial charge is 0.461 e. The number of rotatable bonds is 8. The zero-order chi connectivity index (χ0) is 17.7. The molecule has 0 spiro atoms. The van der Waals surface area contributed by atoms with Gasteiger partial charge in [0.2, 0.25) is 5.78 Å². The lowest BCUT2D eigenvalue weighted by Crippen LogP contribution is -2.44. The second kappa shape index (κ2) is 7.88. The van der Waals surface area contributed by atoms with Gasteiger partial charge < -0.3 is 0 Å². The fourth-order valence-corrected chi connectivity index (χ4v) is 2.28. The van der Waals surface area contributed by atoms with E-state index >= 15 is 0 Å². The fraction of sp³-hybridized carbons (Fsp3) is 0.588. The number of unbranched alkanes of at least 4 members (excludes halogenated alkanes) is 2. The molecular formula is C17H21F5O. The standard InChI is InChI=1S/C17H21F5O/c1-3-5-7-12-9-10-14(13(11-12)8-6-4-2)15(23)16(18,19)17(20,21)22/h9-11H,3-8H2,1-2H3. The van der Waals surface area contributed by atoms with E-state index in [2.05, 4.69) is 0 Å². The summed E-state index contributed by atoms with van der Waals surface area (Å²) in [4.78, 5) is 11.8. The molecule has 130 valence electrons. The highest BCUT2D eigenvalue weighted by molar-refractivity contribution is 6.03. The molecule has 0 aliphatic carbocycles. The van der Waals surface area contributed by atoms with E-state index in [1.807, 2.05) is 13.8 Å². The normalized spacial score (nSPS) is 12.5. The van der Waals surface area contributed by atoms with E-state index in [1.54, 1.807) is 6.07 Å². The molecule has 0 saturated carbocycles. The SMILES string of the molecule is CCCCc1ccc(C(=O)C(F)(F)C(F)(F)F)c(CCCC)c1. The maximum atomic E-state index is 13.3. The average molecular weight is 336 g/mol. The van der Waals surface area contributed by atoms with Crippen molar-refractivity contribution in [3.63, 3.8) is 0 Å². The molecule has 0 atom stereocenters. The molecule has 0 unspecified atom stereocenters. The molecule has 6 heteroatoms. The average Bonchev–Trinajstić information content (AvgIpc) is 2.49. The summed E-state index contributed by atoms with van der Waals surface area (Å²) in [6.45, 7) is 3.88. The van der Waals surface area contributed by atoms with Gasteiger partial charge in [-0.1, -0.05) is 44.9 Å². The third kappa shape index (κ3) is 4.75. The van der Waals surface area contributed by atoms with Gasteiger partial charge >= 0.3 is 12.1 Å². The van der Waals surface area contributed by atoms with Crippen LogP contribution >= 0.6 is 0 Å². The van der Waals surface area contributed by atoms with Gasteiger partial charge in [0.15, 0.2) is 0 Å². The lowest BCUT2D eigenvalue weighted by molar-refractivity contribution is -0.255. The van der Waals surface area contributed by atoms with Crippen LogP contribution in [0.2, 0.25) is 0 Å². The van der Waals surface area contributed by atoms with Crippen molar-refractivity contribution in [3.8, 4) is 0 Å². The zero-order valence-electron chi connectivity index (χ0n) is 13.3. The molecule has 1 rings (SSSR count). The van der Waals surface area contributed by atoms with Crippen LogP contribution in [0, 0.1) is 0 Å². The fourth-order valence-electron chi connectivity index (χ4n) is 2.28. The molecule has 1 nitrogen and oxygen atoms in total. The van der Waals surface area contributed by atoms with Gasteiger partial charge in [-0.25, -0.2) is 0 Å². The van der Waals surface area contributed by atoms with Gasteiger partial charge in [0.25, 0.3) is 0 Å². The predicted molar refractivity (Wildman–Crippen MR) is 79.0 cm³/mol.